The van der Waals surface area contributed by atoms with E-state index in [0.29, 0.717) is 6.42 Å². The summed E-state index contributed by atoms with van der Waals surface area (Å²) in [5, 5.41) is 3.91. The average Bonchev–Trinajstić information content (AvgIpc) is 2.65. The minimum Gasteiger partial charge on any atom is -0.350 e. The van der Waals surface area contributed by atoms with Gasteiger partial charge in [-0.05, 0) is 49.4 Å². The number of hydrogen-bond donors (Lipinski definition) is 1. The maximum Gasteiger partial charge on any atom is 0.220 e. The molecule has 1 aromatic rings. The molecule has 1 saturated heterocycles. The fraction of sp³-hybridized carbons (Fsp3) is 0.500. The molecule has 92 valence electrons. The highest BCUT2D eigenvalue weighted by Gasteiger charge is 2.36. The molecule has 1 heterocycles. The Morgan fingerprint density at radius 3 is 2.76 bits per heavy atom. The maximum absolute atomic E-state index is 11.4. The minimum absolute atomic E-state index is 0.0460. The lowest BCUT2D eigenvalue weighted by atomic mass is 9.85. The van der Waals surface area contributed by atoms with Crippen LogP contribution in [-0.4, -0.2) is 11.4 Å². The van der Waals surface area contributed by atoms with Crippen molar-refractivity contribution < 1.29 is 4.79 Å². The molecular weight excluding hydrogens is 234 g/mol. The number of aryl methyl sites for hydroxylation is 1. The van der Waals surface area contributed by atoms with E-state index in [1.54, 1.807) is 0 Å². The molecule has 2 rings (SSSR count). The molecule has 0 spiro atoms. The minimum atomic E-state index is -0.0460. The molecule has 3 heteroatoms. The number of amides is 1. The third kappa shape index (κ3) is 2.63. The Balaban J connectivity index is 2.21. The summed E-state index contributed by atoms with van der Waals surface area (Å²) in [6.45, 7) is 4.21. The molecule has 1 aliphatic rings. The van der Waals surface area contributed by atoms with E-state index in [1.165, 1.54) is 11.1 Å². The summed E-state index contributed by atoms with van der Waals surface area (Å²) in [7, 11) is 0. The van der Waals surface area contributed by atoms with Crippen LogP contribution in [0.2, 0.25) is 5.02 Å². The van der Waals surface area contributed by atoms with Crippen LogP contribution < -0.4 is 5.32 Å². The van der Waals surface area contributed by atoms with Crippen LogP contribution >= 0.6 is 11.6 Å². The second kappa shape index (κ2) is 4.69. The van der Waals surface area contributed by atoms with Gasteiger partial charge in [0.1, 0.15) is 0 Å². The molecule has 1 N–H and O–H groups in total. The Kier molecular flexibility index (Phi) is 3.43. The van der Waals surface area contributed by atoms with Crippen molar-refractivity contribution in [2.45, 2.75) is 45.1 Å². The summed E-state index contributed by atoms with van der Waals surface area (Å²) in [5.41, 5.74) is 2.43. The van der Waals surface area contributed by atoms with Crippen molar-refractivity contribution in [1.82, 2.24) is 5.32 Å². The molecule has 1 fully saturated rings. The average molecular weight is 252 g/mol. The molecule has 17 heavy (non-hydrogen) atoms. The number of carbonyl (C=O) groups is 1. The van der Waals surface area contributed by atoms with Crippen LogP contribution in [0.1, 0.15) is 37.3 Å². The Hall–Kier alpha value is -1.02. The van der Waals surface area contributed by atoms with Crippen molar-refractivity contribution in [3.05, 3.63) is 34.3 Å². The lowest BCUT2D eigenvalue weighted by Crippen LogP contribution is -2.43. The molecule has 1 unspecified atom stereocenters. The van der Waals surface area contributed by atoms with Crippen molar-refractivity contribution in [2.75, 3.05) is 0 Å². The zero-order chi connectivity index (χ0) is 12.5. The number of halogens is 1. The fourth-order valence-corrected chi connectivity index (χ4v) is 2.75. The predicted octanol–water partition coefficient (Wildman–Crippen LogP) is 3.25. The van der Waals surface area contributed by atoms with Gasteiger partial charge >= 0.3 is 0 Å². The molecule has 0 aliphatic carbocycles. The molecule has 2 nitrogen and oxygen atoms in total. The monoisotopic (exact) mass is 251 g/mol. The number of hydrogen-bond acceptors (Lipinski definition) is 1. The van der Waals surface area contributed by atoms with Gasteiger partial charge in [0, 0.05) is 17.0 Å². The van der Waals surface area contributed by atoms with Crippen LogP contribution in [0.4, 0.5) is 0 Å². The van der Waals surface area contributed by atoms with Gasteiger partial charge in [-0.15, -0.1) is 0 Å². The third-order valence-corrected chi connectivity index (χ3v) is 3.98. The Morgan fingerprint density at radius 2 is 2.24 bits per heavy atom. The molecule has 1 aliphatic heterocycles. The van der Waals surface area contributed by atoms with E-state index in [0.717, 1.165) is 24.3 Å². The molecular formula is C14H18ClNO. The van der Waals surface area contributed by atoms with Crippen LogP contribution in [0, 0.1) is 6.92 Å². The zero-order valence-electron chi connectivity index (χ0n) is 10.3. The standard InChI is InChI=1S/C14H18ClNO/c1-3-14(7-6-13(17)16-14)9-11-4-5-12(15)8-10(11)2/h4-5,8H,3,6-7,9H2,1-2H3,(H,16,17). The SMILES string of the molecule is CCC1(Cc2ccc(Cl)cc2C)CCC(=O)N1. The van der Waals surface area contributed by atoms with Gasteiger partial charge in [-0.3, -0.25) is 4.79 Å². The number of rotatable bonds is 3. The predicted molar refractivity (Wildman–Crippen MR) is 70.3 cm³/mol. The number of nitrogens with one attached hydrogen (secondary N) is 1. The zero-order valence-corrected chi connectivity index (χ0v) is 11.1. The first-order valence-corrected chi connectivity index (χ1v) is 6.48. The van der Waals surface area contributed by atoms with Crippen LogP contribution in [0.15, 0.2) is 18.2 Å². The highest BCUT2D eigenvalue weighted by atomic mass is 35.5. The van der Waals surface area contributed by atoms with E-state index < -0.39 is 0 Å². The fourth-order valence-electron chi connectivity index (χ4n) is 2.52. The van der Waals surface area contributed by atoms with Crippen molar-refractivity contribution in [2.24, 2.45) is 0 Å². The lowest BCUT2D eigenvalue weighted by molar-refractivity contribution is -0.119. The normalized spacial score (nSPS) is 23.8. The highest BCUT2D eigenvalue weighted by molar-refractivity contribution is 6.30. The number of benzene rings is 1. The van der Waals surface area contributed by atoms with Gasteiger partial charge in [-0.25, -0.2) is 0 Å². The molecule has 0 bridgehead atoms. The van der Waals surface area contributed by atoms with Crippen molar-refractivity contribution in [3.8, 4) is 0 Å². The summed E-state index contributed by atoms with van der Waals surface area (Å²) in [5.74, 6) is 0.179. The quantitative estimate of drug-likeness (QED) is 0.878. The van der Waals surface area contributed by atoms with Gasteiger partial charge in [0.25, 0.3) is 0 Å². The van der Waals surface area contributed by atoms with Crippen molar-refractivity contribution in [3.63, 3.8) is 0 Å². The van der Waals surface area contributed by atoms with Crippen LogP contribution in [-0.2, 0) is 11.2 Å². The first-order valence-electron chi connectivity index (χ1n) is 6.11. The van der Waals surface area contributed by atoms with E-state index in [-0.39, 0.29) is 11.4 Å². The van der Waals surface area contributed by atoms with Gasteiger partial charge in [0.15, 0.2) is 0 Å². The molecule has 0 aromatic heterocycles. The van der Waals surface area contributed by atoms with Crippen LogP contribution in [0.5, 0.6) is 0 Å². The first kappa shape index (κ1) is 12.4. The van der Waals surface area contributed by atoms with E-state index in [4.69, 9.17) is 11.6 Å². The summed E-state index contributed by atoms with van der Waals surface area (Å²) in [6.07, 6.45) is 3.46. The molecule has 1 aromatic carbocycles. The Morgan fingerprint density at radius 1 is 1.47 bits per heavy atom. The third-order valence-electron chi connectivity index (χ3n) is 3.75. The second-order valence-electron chi connectivity index (χ2n) is 4.93. The lowest BCUT2D eigenvalue weighted by Gasteiger charge is -2.28. The molecule has 1 atom stereocenters. The maximum atomic E-state index is 11.4. The summed E-state index contributed by atoms with van der Waals surface area (Å²) >= 11 is 5.96. The van der Waals surface area contributed by atoms with E-state index >= 15 is 0 Å². The number of carbonyl (C=O) groups excluding carboxylic acids is 1. The molecule has 0 saturated carbocycles. The molecule has 1 amide bonds. The Labute approximate surface area is 107 Å². The van der Waals surface area contributed by atoms with Gasteiger partial charge in [-0.1, -0.05) is 24.6 Å². The van der Waals surface area contributed by atoms with Gasteiger partial charge in [0.2, 0.25) is 5.91 Å². The van der Waals surface area contributed by atoms with Crippen molar-refractivity contribution in [1.29, 1.82) is 0 Å². The van der Waals surface area contributed by atoms with E-state index in [1.807, 2.05) is 12.1 Å². The van der Waals surface area contributed by atoms with Crippen LogP contribution in [0.3, 0.4) is 0 Å². The second-order valence-corrected chi connectivity index (χ2v) is 5.37. The van der Waals surface area contributed by atoms with Gasteiger partial charge in [-0.2, -0.15) is 0 Å². The Bertz CT molecular complexity index is 444. The van der Waals surface area contributed by atoms with Gasteiger partial charge < -0.3 is 5.32 Å². The summed E-state index contributed by atoms with van der Waals surface area (Å²) < 4.78 is 0. The topological polar surface area (TPSA) is 29.1 Å². The van der Waals surface area contributed by atoms with E-state index in [2.05, 4.69) is 25.2 Å². The van der Waals surface area contributed by atoms with E-state index in [9.17, 15) is 4.79 Å². The van der Waals surface area contributed by atoms with Crippen LogP contribution in [0.25, 0.3) is 0 Å². The largest absolute Gasteiger partial charge is 0.350 e. The first-order chi connectivity index (χ1) is 8.04. The summed E-state index contributed by atoms with van der Waals surface area (Å²) in [4.78, 5) is 11.4. The highest BCUT2D eigenvalue weighted by Crippen LogP contribution is 2.29. The molecule has 0 radical (unpaired) electrons. The summed E-state index contributed by atoms with van der Waals surface area (Å²) in [6, 6.07) is 5.97. The smallest absolute Gasteiger partial charge is 0.220 e. The van der Waals surface area contributed by atoms with Crippen molar-refractivity contribution >= 4 is 17.5 Å². The van der Waals surface area contributed by atoms with Gasteiger partial charge in [0.05, 0.1) is 0 Å².